The number of hydrogen-bond acceptors (Lipinski definition) is 2. The third kappa shape index (κ3) is 8.93. The van der Waals surface area contributed by atoms with Crippen LogP contribution in [-0.2, 0) is 4.74 Å². The number of hydrogen-bond donors (Lipinski definition) is 1. The molecule has 0 aromatic rings. The van der Waals surface area contributed by atoms with Gasteiger partial charge >= 0.3 is 0 Å². The van der Waals surface area contributed by atoms with E-state index in [1.54, 1.807) is 0 Å². The molecule has 1 atom stereocenters. The van der Waals surface area contributed by atoms with Crippen LogP contribution in [0, 0.1) is 0 Å². The summed E-state index contributed by atoms with van der Waals surface area (Å²) < 4.78 is 5.83. The van der Waals surface area contributed by atoms with E-state index in [1.165, 1.54) is 5.57 Å². The summed E-state index contributed by atoms with van der Waals surface area (Å²) in [7, 11) is 0. The molecule has 0 heterocycles. The Morgan fingerprint density at radius 1 is 1.31 bits per heavy atom. The van der Waals surface area contributed by atoms with Gasteiger partial charge in [-0.3, -0.25) is 0 Å². The van der Waals surface area contributed by atoms with E-state index in [4.69, 9.17) is 4.74 Å². The van der Waals surface area contributed by atoms with E-state index in [2.05, 4.69) is 46.5 Å². The molecule has 1 N–H and O–H groups in total. The summed E-state index contributed by atoms with van der Waals surface area (Å²) >= 11 is 0. The van der Waals surface area contributed by atoms with Gasteiger partial charge in [0.1, 0.15) is 0 Å². The fourth-order valence-corrected chi connectivity index (χ4v) is 1.38. The second kappa shape index (κ2) is 7.86. The molecule has 16 heavy (non-hydrogen) atoms. The summed E-state index contributed by atoms with van der Waals surface area (Å²) in [6.07, 6.45) is 3.23. The van der Waals surface area contributed by atoms with Crippen LogP contribution in [0.2, 0.25) is 0 Å². The minimum absolute atomic E-state index is 0.0559. The highest BCUT2D eigenvalue weighted by atomic mass is 16.5. The largest absolute Gasteiger partial charge is 0.374 e. The van der Waals surface area contributed by atoms with Gasteiger partial charge in [0, 0.05) is 6.04 Å². The smallest absolute Gasteiger partial charge is 0.0629 e. The Balaban J connectivity index is 4.04. The fraction of sp³-hybridized carbons (Fsp3) is 0.857. The first-order valence-electron chi connectivity index (χ1n) is 6.43. The van der Waals surface area contributed by atoms with Crippen LogP contribution in [0.5, 0.6) is 0 Å². The maximum atomic E-state index is 5.83. The average molecular weight is 227 g/mol. The molecular weight excluding hydrogens is 198 g/mol. The lowest BCUT2D eigenvalue weighted by Gasteiger charge is -2.25. The number of rotatable bonds is 8. The average Bonchev–Trinajstić information content (AvgIpc) is 2.20. The molecule has 0 aliphatic carbocycles. The normalized spacial score (nSPS) is 13.8. The van der Waals surface area contributed by atoms with Crippen LogP contribution in [0.15, 0.2) is 12.2 Å². The van der Waals surface area contributed by atoms with Gasteiger partial charge < -0.3 is 10.1 Å². The predicted molar refractivity (Wildman–Crippen MR) is 71.8 cm³/mol. The van der Waals surface area contributed by atoms with Gasteiger partial charge in [-0.1, -0.05) is 26.0 Å². The van der Waals surface area contributed by atoms with Crippen LogP contribution in [0.3, 0.4) is 0 Å². The molecule has 1 unspecified atom stereocenters. The Labute approximate surface area is 101 Å². The first-order valence-corrected chi connectivity index (χ1v) is 6.43. The van der Waals surface area contributed by atoms with E-state index in [0.717, 1.165) is 32.4 Å². The Hall–Kier alpha value is -0.340. The van der Waals surface area contributed by atoms with E-state index < -0.39 is 0 Å². The lowest BCUT2D eigenvalue weighted by Crippen LogP contribution is -2.37. The van der Waals surface area contributed by atoms with Gasteiger partial charge in [-0.15, -0.1) is 0 Å². The van der Waals surface area contributed by atoms with Crippen molar-refractivity contribution in [1.82, 2.24) is 5.32 Å². The Morgan fingerprint density at radius 3 is 2.38 bits per heavy atom. The lowest BCUT2D eigenvalue weighted by atomic mass is 10.1. The summed E-state index contributed by atoms with van der Waals surface area (Å²) in [6.45, 7) is 16.5. The summed E-state index contributed by atoms with van der Waals surface area (Å²) in [5.41, 5.74) is 1.24. The molecule has 0 fully saturated rings. The van der Waals surface area contributed by atoms with Gasteiger partial charge in [0.05, 0.1) is 12.2 Å². The maximum absolute atomic E-state index is 5.83. The summed E-state index contributed by atoms with van der Waals surface area (Å²) in [6, 6.07) is 0.409. The van der Waals surface area contributed by atoms with E-state index in [-0.39, 0.29) is 5.60 Å². The van der Waals surface area contributed by atoms with Gasteiger partial charge in [0.2, 0.25) is 0 Å². The minimum atomic E-state index is -0.0559. The van der Waals surface area contributed by atoms with Crippen LogP contribution in [0.25, 0.3) is 0 Å². The van der Waals surface area contributed by atoms with Crippen LogP contribution < -0.4 is 5.32 Å². The standard InChI is InChI=1S/C14H29NO/c1-7-9-15-13(10-12(3)8-2)11-16-14(4,5)6/h13,15H,3,7-11H2,1-2,4-6H3. The molecule has 0 aliphatic heterocycles. The molecule has 0 aromatic heterocycles. The molecule has 2 heteroatoms. The highest BCUT2D eigenvalue weighted by Crippen LogP contribution is 2.12. The first kappa shape index (κ1) is 15.7. The fourth-order valence-electron chi connectivity index (χ4n) is 1.38. The lowest BCUT2D eigenvalue weighted by molar-refractivity contribution is -0.0143. The molecule has 0 amide bonds. The highest BCUT2D eigenvalue weighted by Gasteiger charge is 2.15. The van der Waals surface area contributed by atoms with Crippen molar-refractivity contribution >= 4 is 0 Å². The van der Waals surface area contributed by atoms with Crippen molar-refractivity contribution in [2.24, 2.45) is 0 Å². The van der Waals surface area contributed by atoms with E-state index in [0.29, 0.717) is 6.04 Å². The summed E-state index contributed by atoms with van der Waals surface area (Å²) in [5.74, 6) is 0. The van der Waals surface area contributed by atoms with Crippen molar-refractivity contribution in [3.05, 3.63) is 12.2 Å². The zero-order valence-electron chi connectivity index (χ0n) is 11.7. The van der Waals surface area contributed by atoms with E-state index in [1.807, 2.05) is 0 Å². The van der Waals surface area contributed by atoms with Crippen LogP contribution in [-0.4, -0.2) is 24.8 Å². The predicted octanol–water partition coefficient (Wildman–Crippen LogP) is 3.53. The zero-order chi connectivity index (χ0) is 12.6. The highest BCUT2D eigenvalue weighted by molar-refractivity contribution is 4.96. The quantitative estimate of drug-likeness (QED) is 0.641. The monoisotopic (exact) mass is 227 g/mol. The minimum Gasteiger partial charge on any atom is -0.374 e. The maximum Gasteiger partial charge on any atom is 0.0629 e. The van der Waals surface area contributed by atoms with Crippen molar-refractivity contribution in [2.75, 3.05) is 13.2 Å². The second-order valence-corrected chi connectivity index (χ2v) is 5.38. The Bertz CT molecular complexity index is 193. The molecule has 0 saturated heterocycles. The first-order chi connectivity index (χ1) is 7.39. The van der Waals surface area contributed by atoms with Crippen LogP contribution >= 0.6 is 0 Å². The molecule has 0 aliphatic rings. The molecule has 0 bridgehead atoms. The van der Waals surface area contributed by atoms with Gasteiger partial charge in [0.15, 0.2) is 0 Å². The topological polar surface area (TPSA) is 21.3 Å². The van der Waals surface area contributed by atoms with Crippen LogP contribution in [0.1, 0.15) is 53.9 Å². The van der Waals surface area contributed by atoms with Crippen molar-refractivity contribution in [3.8, 4) is 0 Å². The second-order valence-electron chi connectivity index (χ2n) is 5.38. The molecule has 0 rings (SSSR count). The molecular formula is C14H29NO. The third-order valence-corrected chi connectivity index (χ3v) is 2.44. The molecule has 2 nitrogen and oxygen atoms in total. The molecule has 0 radical (unpaired) electrons. The molecule has 0 saturated carbocycles. The zero-order valence-corrected chi connectivity index (χ0v) is 11.7. The van der Waals surface area contributed by atoms with E-state index >= 15 is 0 Å². The SMILES string of the molecule is C=C(CC)CC(COC(C)(C)C)NCCC. The van der Waals surface area contributed by atoms with Crippen LogP contribution in [0.4, 0.5) is 0 Å². The molecule has 0 spiro atoms. The summed E-state index contributed by atoms with van der Waals surface area (Å²) in [4.78, 5) is 0. The Kier molecular flexibility index (Phi) is 7.69. The Morgan fingerprint density at radius 2 is 1.94 bits per heavy atom. The summed E-state index contributed by atoms with van der Waals surface area (Å²) in [5, 5.41) is 3.52. The number of ether oxygens (including phenoxy) is 1. The molecule has 0 aromatic carbocycles. The van der Waals surface area contributed by atoms with Crippen molar-refractivity contribution in [3.63, 3.8) is 0 Å². The molecule has 96 valence electrons. The van der Waals surface area contributed by atoms with Gasteiger partial charge in [-0.25, -0.2) is 0 Å². The van der Waals surface area contributed by atoms with Crippen molar-refractivity contribution in [2.45, 2.75) is 65.5 Å². The van der Waals surface area contributed by atoms with E-state index in [9.17, 15) is 0 Å². The van der Waals surface area contributed by atoms with Gasteiger partial charge in [0.25, 0.3) is 0 Å². The van der Waals surface area contributed by atoms with Gasteiger partial charge in [-0.05, 0) is 46.6 Å². The van der Waals surface area contributed by atoms with Crippen molar-refractivity contribution in [1.29, 1.82) is 0 Å². The third-order valence-electron chi connectivity index (χ3n) is 2.44. The van der Waals surface area contributed by atoms with Crippen molar-refractivity contribution < 1.29 is 4.74 Å². The van der Waals surface area contributed by atoms with Gasteiger partial charge in [-0.2, -0.15) is 0 Å². The number of nitrogens with one attached hydrogen (secondary N) is 1.